The molecule has 2 heterocycles. The first kappa shape index (κ1) is 14.0. The van der Waals surface area contributed by atoms with Crippen LogP contribution in [0, 0.1) is 0 Å². The molecule has 19 heavy (non-hydrogen) atoms. The van der Waals surface area contributed by atoms with Gasteiger partial charge in [0, 0.05) is 25.8 Å². The summed E-state index contributed by atoms with van der Waals surface area (Å²) in [6.07, 6.45) is -3.39. The Hall–Kier alpha value is -1.41. The lowest BCUT2D eigenvalue weighted by Crippen LogP contribution is -2.47. The van der Waals surface area contributed by atoms with Crippen molar-refractivity contribution in [1.29, 1.82) is 0 Å². The molecule has 1 N–H and O–H groups in total. The fourth-order valence-corrected chi connectivity index (χ4v) is 1.91. The van der Waals surface area contributed by atoms with E-state index in [0.29, 0.717) is 26.2 Å². The van der Waals surface area contributed by atoms with E-state index in [1.54, 1.807) is 11.9 Å². The Balaban J connectivity index is 2.13. The van der Waals surface area contributed by atoms with Crippen molar-refractivity contribution < 1.29 is 17.9 Å². The van der Waals surface area contributed by atoms with E-state index in [0.717, 1.165) is 12.3 Å². The molecular weight excluding hydrogens is 261 g/mol. The molecular formula is C11H15F3N4O. The third-order valence-electron chi connectivity index (χ3n) is 2.79. The van der Waals surface area contributed by atoms with E-state index in [4.69, 9.17) is 4.74 Å². The quantitative estimate of drug-likeness (QED) is 0.889. The molecule has 1 unspecified atom stereocenters. The lowest BCUT2D eigenvalue weighted by Gasteiger charge is -2.33. The van der Waals surface area contributed by atoms with Crippen molar-refractivity contribution in [3.8, 4) is 0 Å². The van der Waals surface area contributed by atoms with Gasteiger partial charge in [0.1, 0.15) is 5.69 Å². The Kier molecular flexibility index (Phi) is 4.20. The van der Waals surface area contributed by atoms with Gasteiger partial charge in [0.15, 0.2) is 0 Å². The molecule has 0 aromatic carbocycles. The lowest BCUT2D eigenvalue weighted by molar-refractivity contribution is -0.141. The van der Waals surface area contributed by atoms with Crippen LogP contribution in [0.5, 0.6) is 0 Å². The van der Waals surface area contributed by atoms with Crippen LogP contribution in [0.4, 0.5) is 19.1 Å². The van der Waals surface area contributed by atoms with Gasteiger partial charge in [0.05, 0.1) is 12.7 Å². The minimum absolute atomic E-state index is 0.0723. The minimum Gasteiger partial charge on any atom is -0.373 e. The van der Waals surface area contributed by atoms with Crippen molar-refractivity contribution in [3.05, 3.63) is 18.0 Å². The van der Waals surface area contributed by atoms with Crippen molar-refractivity contribution in [1.82, 2.24) is 15.3 Å². The molecule has 1 aliphatic heterocycles. The number of hydrogen-bond donors (Lipinski definition) is 1. The van der Waals surface area contributed by atoms with E-state index in [-0.39, 0.29) is 12.1 Å². The number of halogens is 3. The standard InChI is InChI=1S/C11H15F3N4O/c1-15-6-8-7-18(4-5-19-8)10-16-3-2-9(17-10)11(12,13)14/h2-3,8,15H,4-7H2,1H3. The molecule has 0 aliphatic carbocycles. The van der Waals surface area contributed by atoms with E-state index >= 15 is 0 Å². The highest BCUT2D eigenvalue weighted by atomic mass is 19.4. The summed E-state index contributed by atoms with van der Waals surface area (Å²) < 4.78 is 43.3. The van der Waals surface area contributed by atoms with Crippen LogP contribution in [0.3, 0.4) is 0 Å². The zero-order valence-corrected chi connectivity index (χ0v) is 10.4. The molecule has 0 amide bonds. The van der Waals surface area contributed by atoms with Crippen molar-refractivity contribution in [3.63, 3.8) is 0 Å². The SMILES string of the molecule is CNCC1CN(c2nccc(C(F)(F)F)n2)CCO1. The number of nitrogens with zero attached hydrogens (tertiary/aromatic N) is 3. The van der Waals surface area contributed by atoms with Gasteiger partial charge in [-0.3, -0.25) is 0 Å². The Morgan fingerprint density at radius 1 is 1.53 bits per heavy atom. The maximum absolute atomic E-state index is 12.6. The normalized spacial score (nSPS) is 20.6. The lowest BCUT2D eigenvalue weighted by atomic mass is 10.3. The van der Waals surface area contributed by atoms with Crippen LogP contribution in [0.1, 0.15) is 5.69 Å². The third kappa shape index (κ3) is 3.54. The Labute approximate surface area is 108 Å². The summed E-state index contributed by atoms with van der Waals surface area (Å²) >= 11 is 0. The minimum atomic E-state index is -4.45. The molecule has 8 heteroatoms. The highest BCUT2D eigenvalue weighted by molar-refractivity contribution is 5.31. The van der Waals surface area contributed by atoms with Crippen molar-refractivity contribution in [2.45, 2.75) is 12.3 Å². The molecule has 5 nitrogen and oxygen atoms in total. The molecule has 1 fully saturated rings. The van der Waals surface area contributed by atoms with Crippen LogP contribution in [-0.4, -0.2) is 49.4 Å². The number of aromatic nitrogens is 2. The smallest absolute Gasteiger partial charge is 0.373 e. The first-order chi connectivity index (χ1) is 9.00. The molecule has 1 aromatic rings. The van der Waals surface area contributed by atoms with E-state index in [2.05, 4.69) is 15.3 Å². The first-order valence-corrected chi connectivity index (χ1v) is 5.92. The topological polar surface area (TPSA) is 50.3 Å². The summed E-state index contributed by atoms with van der Waals surface area (Å²) in [5.74, 6) is 0.0965. The molecule has 1 atom stereocenters. The number of rotatable bonds is 3. The molecule has 1 saturated heterocycles. The van der Waals surface area contributed by atoms with E-state index in [9.17, 15) is 13.2 Å². The number of hydrogen-bond acceptors (Lipinski definition) is 5. The van der Waals surface area contributed by atoms with Crippen LogP contribution in [-0.2, 0) is 10.9 Å². The zero-order valence-electron chi connectivity index (χ0n) is 10.4. The second-order valence-corrected chi connectivity index (χ2v) is 4.24. The van der Waals surface area contributed by atoms with Gasteiger partial charge in [0.25, 0.3) is 0 Å². The zero-order chi connectivity index (χ0) is 13.9. The highest BCUT2D eigenvalue weighted by Gasteiger charge is 2.33. The maximum atomic E-state index is 12.6. The van der Waals surface area contributed by atoms with Crippen LogP contribution < -0.4 is 10.2 Å². The molecule has 1 aromatic heterocycles. The summed E-state index contributed by atoms with van der Waals surface area (Å²) in [4.78, 5) is 9.20. The number of ether oxygens (including phenoxy) is 1. The predicted molar refractivity (Wildman–Crippen MR) is 62.9 cm³/mol. The molecule has 106 valence electrons. The summed E-state index contributed by atoms with van der Waals surface area (Å²) in [6, 6.07) is 0.870. The second-order valence-electron chi connectivity index (χ2n) is 4.24. The predicted octanol–water partition coefficient (Wildman–Crippen LogP) is 0.920. The van der Waals surface area contributed by atoms with Crippen LogP contribution in [0.25, 0.3) is 0 Å². The van der Waals surface area contributed by atoms with Crippen molar-refractivity contribution >= 4 is 5.95 Å². The first-order valence-electron chi connectivity index (χ1n) is 5.92. The Morgan fingerprint density at radius 3 is 3.00 bits per heavy atom. The Morgan fingerprint density at radius 2 is 2.32 bits per heavy atom. The van der Waals surface area contributed by atoms with Gasteiger partial charge >= 0.3 is 6.18 Å². The van der Waals surface area contributed by atoms with Gasteiger partial charge in [-0.05, 0) is 13.1 Å². The molecule has 0 spiro atoms. The number of anilines is 1. The maximum Gasteiger partial charge on any atom is 0.433 e. The average molecular weight is 276 g/mol. The summed E-state index contributed by atoms with van der Waals surface area (Å²) in [5, 5.41) is 2.97. The second kappa shape index (κ2) is 5.70. The Bertz CT molecular complexity index is 425. The van der Waals surface area contributed by atoms with Crippen LogP contribution in [0.2, 0.25) is 0 Å². The van der Waals surface area contributed by atoms with E-state index in [1.165, 1.54) is 0 Å². The largest absolute Gasteiger partial charge is 0.433 e. The molecule has 2 rings (SSSR count). The number of morpholine rings is 1. The molecule has 0 radical (unpaired) electrons. The number of alkyl halides is 3. The van der Waals surface area contributed by atoms with Gasteiger partial charge in [-0.2, -0.15) is 13.2 Å². The summed E-state index contributed by atoms with van der Waals surface area (Å²) in [6.45, 7) is 2.05. The van der Waals surface area contributed by atoms with Crippen molar-refractivity contribution in [2.24, 2.45) is 0 Å². The van der Waals surface area contributed by atoms with Gasteiger partial charge < -0.3 is 15.0 Å². The molecule has 0 saturated carbocycles. The average Bonchev–Trinajstić information content (AvgIpc) is 2.39. The van der Waals surface area contributed by atoms with Gasteiger partial charge in [-0.25, -0.2) is 9.97 Å². The van der Waals surface area contributed by atoms with Crippen LogP contribution >= 0.6 is 0 Å². The third-order valence-corrected chi connectivity index (χ3v) is 2.79. The summed E-state index contributed by atoms with van der Waals surface area (Å²) in [7, 11) is 1.79. The van der Waals surface area contributed by atoms with Gasteiger partial charge in [0.2, 0.25) is 5.95 Å². The van der Waals surface area contributed by atoms with E-state index < -0.39 is 11.9 Å². The van der Waals surface area contributed by atoms with Crippen molar-refractivity contribution in [2.75, 3.05) is 38.2 Å². The van der Waals surface area contributed by atoms with E-state index in [1.807, 2.05) is 0 Å². The monoisotopic (exact) mass is 276 g/mol. The van der Waals surface area contributed by atoms with Gasteiger partial charge in [-0.1, -0.05) is 0 Å². The highest BCUT2D eigenvalue weighted by Crippen LogP contribution is 2.28. The molecule has 0 bridgehead atoms. The number of nitrogens with one attached hydrogen (secondary N) is 1. The summed E-state index contributed by atoms with van der Waals surface area (Å²) in [5.41, 5.74) is -0.922. The van der Waals surface area contributed by atoms with Crippen LogP contribution in [0.15, 0.2) is 12.3 Å². The fraction of sp³-hybridized carbons (Fsp3) is 0.636. The fourth-order valence-electron chi connectivity index (χ4n) is 1.91. The number of likely N-dealkylation sites (N-methyl/N-ethyl adjacent to an activating group) is 1. The van der Waals surface area contributed by atoms with Gasteiger partial charge in [-0.15, -0.1) is 0 Å². The molecule has 1 aliphatic rings.